The summed E-state index contributed by atoms with van der Waals surface area (Å²) < 4.78 is 46.7. The van der Waals surface area contributed by atoms with E-state index in [1.807, 2.05) is 30.6 Å². The Labute approximate surface area is 264 Å². The smallest absolute Gasteiger partial charge is 0.410 e. The van der Waals surface area contributed by atoms with Gasteiger partial charge < -0.3 is 24.0 Å². The summed E-state index contributed by atoms with van der Waals surface area (Å²) in [6.07, 6.45) is 4.80. The summed E-state index contributed by atoms with van der Waals surface area (Å²) >= 11 is 3.02. The molecule has 240 valence electrons. The van der Waals surface area contributed by atoms with E-state index in [1.54, 1.807) is 0 Å². The van der Waals surface area contributed by atoms with Gasteiger partial charge in [0, 0.05) is 30.4 Å². The van der Waals surface area contributed by atoms with Crippen LogP contribution in [0, 0.1) is 23.0 Å². The van der Waals surface area contributed by atoms with Gasteiger partial charge in [0.15, 0.2) is 5.82 Å². The first kappa shape index (κ1) is 31.2. The van der Waals surface area contributed by atoms with Gasteiger partial charge in [-0.1, -0.05) is 0 Å². The van der Waals surface area contributed by atoms with Crippen LogP contribution >= 0.6 is 15.9 Å². The van der Waals surface area contributed by atoms with Crippen molar-refractivity contribution in [3.8, 4) is 6.01 Å². The number of methoxy groups -OCH3 is 1. The van der Waals surface area contributed by atoms with Gasteiger partial charge >= 0.3 is 18.1 Å². The first-order valence-electron chi connectivity index (χ1n) is 15.4. The van der Waals surface area contributed by atoms with E-state index < -0.39 is 17.2 Å². The highest BCUT2D eigenvalue weighted by Crippen LogP contribution is 2.47. The van der Waals surface area contributed by atoms with E-state index >= 15 is 4.39 Å². The summed E-state index contributed by atoms with van der Waals surface area (Å²) in [5.41, 5.74) is -0.685. The Kier molecular flexibility index (Phi) is 8.40. The fraction of sp³-hybridized carbons (Fsp3) is 0.677. The van der Waals surface area contributed by atoms with Crippen LogP contribution in [-0.2, 0) is 14.3 Å². The number of halogens is 3. The van der Waals surface area contributed by atoms with Crippen LogP contribution in [0.2, 0.25) is 0 Å². The number of aromatic nitrogens is 2. The van der Waals surface area contributed by atoms with Gasteiger partial charge in [-0.05, 0) is 94.4 Å². The predicted octanol–water partition coefficient (Wildman–Crippen LogP) is 5.30. The van der Waals surface area contributed by atoms with Crippen molar-refractivity contribution >= 4 is 44.7 Å². The largest absolute Gasteiger partial charge is 0.469 e. The van der Waals surface area contributed by atoms with Crippen molar-refractivity contribution in [3.05, 3.63) is 22.2 Å². The lowest BCUT2D eigenvalue weighted by Crippen LogP contribution is -2.57. The number of anilines is 1. The number of carbonyl (C=O) groups is 2. The van der Waals surface area contributed by atoms with Gasteiger partial charge in [-0.2, -0.15) is 9.97 Å². The summed E-state index contributed by atoms with van der Waals surface area (Å²) in [5.74, 6) is -1.34. The minimum absolute atomic E-state index is 0.0186. The molecule has 0 spiro atoms. The number of hydrogen-bond acceptors (Lipinski definition) is 9. The van der Waals surface area contributed by atoms with Crippen LogP contribution in [0.25, 0.3) is 10.9 Å². The average Bonchev–Trinajstić information content (AvgIpc) is 3.69. The van der Waals surface area contributed by atoms with Crippen molar-refractivity contribution in [1.29, 1.82) is 0 Å². The maximum atomic E-state index is 15.4. The highest BCUT2D eigenvalue weighted by atomic mass is 79.9. The van der Waals surface area contributed by atoms with Crippen LogP contribution in [-0.4, -0.2) is 96.0 Å². The van der Waals surface area contributed by atoms with E-state index in [2.05, 4.69) is 25.8 Å². The molecule has 13 heteroatoms. The minimum atomic E-state index is -0.807. The first-order valence-corrected chi connectivity index (χ1v) is 16.2. The molecule has 1 saturated carbocycles. The van der Waals surface area contributed by atoms with Crippen molar-refractivity contribution < 1.29 is 32.6 Å². The number of carbonyl (C=O) groups excluding carboxylic acids is 2. The minimum Gasteiger partial charge on any atom is -0.469 e. The van der Waals surface area contributed by atoms with Crippen molar-refractivity contribution in [2.45, 2.75) is 77.0 Å². The van der Waals surface area contributed by atoms with Crippen molar-refractivity contribution in [3.63, 3.8) is 0 Å². The standard InChI is InChI=1S/C31H40BrF2N5O5/c1-30(2,3)44-29(41)39-19-5-6-20(39)15-38(14-19)26-21-13-22(33)23(32)24(34)25(21)35-28(36-26)43-17-31(9-10-31)16-37-11-7-18(8-12-37)27(40)42-4/h13,18-20H,5-12,14-17H2,1-4H3. The van der Waals surface area contributed by atoms with Crippen molar-refractivity contribution in [2.24, 2.45) is 11.3 Å². The number of piperidine rings is 1. The molecule has 2 unspecified atom stereocenters. The van der Waals surface area contributed by atoms with Gasteiger partial charge in [0.1, 0.15) is 22.8 Å². The molecular formula is C31H40BrF2N5O5. The molecule has 1 amide bonds. The molecule has 2 bridgehead atoms. The summed E-state index contributed by atoms with van der Waals surface area (Å²) in [5, 5.41) is 0.260. The summed E-state index contributed by atoms with van der Waals surface area (Å²) in [7, 11) is 1.43. The second-order valence-electron chi connectivity index (χ2n) is 13.8. The van der Waals surface area contributed by atoms with Crippen LogP contribution in [0.3, 0.4) is 0 Å². The number of piperazine rings is 1. The lowest BCUT2D eigenvalue weighted by atomic mass is 9.95. The molecule has 4 fully saturated rings. The molecule has 0 N–H and O–H groups in total. The van der Waals surface area contributed by atoms with E-state index in [9.17, 15) is 14.0 Å². The van der Waals surface area contributed by atoms with Gasteiger partial charge in [-0.3, -0.25) is 9.69 Å². The van der Waals surface area contributed by atoms with Gasteiger partial charge in [-0.25, -0.2) is 13.6 Å². The van der Waals surface area contributed by atoms with E-state index in [4.69, 9.17) is 19.2 Å². The van der Waals surface area contributed by atoms with Crippen LogP contribution in [0.4, 0.5) is 19.4 Å². The number of nitrogens with zero attached hydrogens (tertiary/aromatic N) is 5. The molecule has 2 aromatic rings. The summed E-state index contributed by atoms with van der Waals surface area (Å²) in [6, 6.07) is 1.08. The maximum absolute atomic E-state index is 15.4. The molecular weight excluding hydrogens is 640 g/mol. The molecule has 4 aliphatic rings. The van der Waals surface area contributed by atoms with Crippen LogP contribution in [0.15, 0.2) is 10.5 Å². The third-order valence-corrected chi connectivity index (χ3v) is 10.0. The number of amides is 1. The fourth-order valence-corrected chi connectivity index (χ4v) is 7.14. The van der Waals surface area contributed by atoms with Crippen molar-refractivity contribution in [1.82, 2.24) is 19.8 Å². The lowest BCUT2D eigenvalue weighted by Gasteiger charge is -2.42. The topological polar surface area (TPSA) is 97.3 Å². The summed E-state index contributed by atoms with van der Waals surface area (Å²) in [6.45, 7) is 9.28. The van der Waals surface area contributed by atoms with Crippen LogP contribution in [0.1, 0.15) is 59.3 Å². The number of benzene rings is 1. The zero-order valence-electron chi connectivity index (χ0n) is 25.7. The number of fused-ring (bicyclic) bond motifs is 3. The van der Waals surface area contributed by atoms with Crippen LogP contribution in [0.5, 0.6) is 6.01 Å². The average molecular weight is 681 g/mol. The molecule has 0 radical (unpaired) electrons. The lowest BCUT2D eigenvalue weighted by molar-refractivity contribution is -0.147. The third-order valence-electron chi connectivity index (χ3n) is 9.32. The third kappa shape index (κ3) is 6.31. The van der Waals surface area contributed by atoms with Gasteiger partial charge in [0.2, 0.25) is 0 Å². The quantitative estimate of drug-likeness (QED) is 0.285. The predicted molar refractivity (Wildman–Crippen MR) is 163 cm³/mol. The zero-order chi connectivity index (χ0) is 31.4. The van der Waals surface area contributed by atoms with Crippen LogP contribution < -0.4 is 9.64 Å². The molecule has 44 heavy (non-hydrogen) atoms. The van der Waals surface area contributed by atoms with Crippen molar-refractivity contribution in [2.75, 3.05) is 51.3 Å². The van der Waals surface area contributed by atoms with E-state index in [0.29, 0.717) is 25.5 Å². The molecule has 6 rings (SSSR count). The molecule has 3 aliphatic heterocycles. The Morgan fingerprint density at radius 3 is 2.32 bits per heavy atom. The Balaban J connectivity index is 1.20. The number of esters is 1. The number of hydrogen-bond donors (Lipinski definition) is 0. The molecule has 10 nitrogen and oxygen atoms in total. The number of rotatable bonds is 7. The fourth-order valence-electron chi connectivity index (χ4n) is 6.84. The molecule has 3 saturated heterocycles. The monoisotopic (exact) mass is 679 g/mol. The molecule has 4 heterocycles. The summed E-state index contributed by atoms with van der Waals surface area (Å²) in [4.78, 5) is 40.2. The van der Waals surface area contributed by atoms with Gasteiger partial charge in [-0.15, -0.1) is 0 Å². The molecule has 1 aliphatic carbocycles. The highest BCUT2D eigenvalue weighted by Gasteiger charge is 2.47. The maximum Gasteiger partial charge on any atom is 0.410 e. The molecule has 1 aromatic heterocycles. The highest BCUT2D eigenvalue weighted by molar-refractivity contribution is 9.10. The first-order chi connectivity index (χ1) is 20.9. The van der Waals surface area contributed by atoms with Gasteiger partial charge in [0.05, 0.1) is 36.2 Å². The number of likely N-dealkylation sites (tertiary alicyclic amines) is 1. The Morgan fingerprint density at radius 1 is 1.07 bits per heavy atom. The van der Waals surface area contributed by atoms with E-state index in [-0.39, 0.29) is 56.9 Å². The second kappa shape index (κ2) is 11.9. The number of ether oxygens (including phenoxy) is 3. The normalized spacial score (nSPS) is 23.6. The van der Waals surface area contributed by atoms with Gasteiger partial charge in [0.25, 0.3) is 0 Å². The Morgan fingerprint density at radius 2 is 1.73 bits per heavy atom. The zero-order valence-corrected chi connectivity index (χ0v) is 27.3. The Bertz CT molecular complexity index is 1430. The SMILES string of the molecule is COC(=O)C1CCN(CC2(COc3nc(N4CC5CCC(C4)N5C(=O)OC(C)(C)C)c4cc(F)c(Br)c(F)c4n3)CC2)CC1. The van der Waals surface area contributed by atoms with E-state index in [1.165, 1.54) is 13.2 Å². The Hall–Kier alpha value is -2.80. The molecule has 1 aromatic carbocycles. The molecule has 2 atom stereocenters. The second-order valence-corrected chi connectivity index (χ2v) is 14.5. The van der Waals surface area contributed by atoms with E-state index in [0.717, 1.165) is 58.2 Å².